The average Bonchev–Trinajstić information content (AvgIpc) is 2.53. The summed E-state index contributed by atoms with van der Waals surface area (Å²) in [6, 6.07) is 0. The molecular weight excluding hydrogens is 256 g/mol. The molecule has 0 radical (unpaired) electrons. The topological polar surface area (TPSA) is 64.7 Å². The Morgan fingerprint density at radius 3 is 2.70 bits per heavy atom. The van der Waals surface area contributed by atoms with Crippen LogP contribution in [0.2, 0.25) is 0 Å². The van der Waals surface area contributed by atoms with Gasteiger partial charge in [-0.25, -0.2) is 0 Å². The van der Waals surface area contributed by atoms with Crippen molar-refractivity contribution in [1.29, 1.82) is 0 Å². The molecule has 0 saturated carbocycles. The lowest BCUT2D eigenvalue weighted by Crippen LogP contribution is -2.48. The van der Waals surface area contributed by atoms with Crippen LogP contribution < -0.4 is 10.6 Å². The van der Waals surface area contributed by atoms with Crippen LogP contribution >= 0.6 is 0 Å². The number of likely N-dealkylation sites (tertiary alicyclic amines) is 1. The van der Waals surface area contributed by atoms with Gasteiger partial charge in [-0.3, -0.25) is 9.59 Å². The summed E-state index contributed by atoms with van der Waals surface area (Å²) in [5, 5.41) is 5.98. The number of amides is 2. The average molecular weight is 282 g/mol. The highest BCUT2D eigenvalue weighted by Gasteiger charge is 2.25. The second kappa shape index (κ2) is 7.59. The number of piperidine rings is 1. The van der Waals surface area contributed by atoms with Gasteiger partial charge in [-0.05, 0) is 19.4 Å². The zero-order valence-corrected chi connectivity index (χ0v) is 12.4. The molecule has 0 spiro atoms. The van der Waals surface area contributed by atoms with Gasteiger partial charge in [0.1, 0.15) is 0 Å². The highest BCUT2D eigenvalue weighted by molar-refractivity contribution is 5.78. The highest BCUT2D eigenvalue weighted by atomic mass is 16.2. The summed E-state index contributed by atoms with van der Waals surface area (Å²) in [7, 11) is 1.69. The smallest absolute Gasteiger partial charge is 0.224 e. The van der Waals surface area contributed by atoms with Gasteiger partial charge in [0.15, 0.2) is 0 Å². The van der Waals surface area contributed by atoms with Crippen LogP contribution in [0.4, 0.5) is 0 Å². The van der Waals surface area contributed by atoms with Gasteiger partial charge in [-0.15, -0.1) is 0 Å². The lowest BCUT2D eigenvalue weighted by atomic mass is 9.97. The molecule has 2 fully saturated rings. The molecule has 2 amide bonds. The van der Waals surface area contributed by atoms with E-state index in [-0.39, 0.29) is 17.7 Å². The fourth-order valence-corrected chi connectivity index (χ4v) is 3.00. The van der Waals surface area contributed by atoms with E-state index < -0.39 is 0 Å². The SMILES string of the molecule is CNC(=O)C1CCCN(CCC(=O)N2CCNCC2)C1. The van der Waals surface area contributed by atoms with Crippen LogP contribution in [-0.4, -0.2) is 74.5 Å². The van der Waals surface area contributed by atoms with Crippen molar-refractivity contribution in [3.8, 4) is 0 Å². The number of hydrogen-bond acceptors (Lipinski definition) is 4. The van der Waals surface area contributed by atoms with E-state index in [1.54, 1.807) is 7.05 Å². The Hall–Kier alpha value is -1.14. The molecule has 0 bridgehead atoms. The summed E-state index contributed by atoms with van der Waals surface area (Å²) in [4.78, 5) is 28.0. The van der Waals surface area contributed by atoms with E-state index in [2.05, 4.69) is 15.5 Å². The number of rotatable bonds is 4. The van der Waals surface area contributed by atoms with Gasteiger partial charge in [0.05, 0.1) is 5.92 Å². The van der Waals surface area contributed by atoms with E-state index in [1.165, 1.54) is 0 Å². The number of carbonyl (C=O) groups is 2. The van der Waals surface area contributed by atoms with Crippen LogP contribution in [0.15, 0.2) is 0 Å². The van der Waals surface area contributed by atoms with Crippen LogP contribution in [0, 0.1) is 5.92 Å². The van der Waals surface area contributed by atoms with E-state index in [1.807, 2.05) is 4.90 Å². The highest BCUT2D eigenvalue weighted by Crippen LogP contribution is 2.16. The summed E-state index contributed by atoms with van der Waals surface area (Å²) >= 11 is 0. The standard InChI is InChI=1S/C14H26N4O2/c1-15-14(20)12-3-2-7-17(11-12)8-4-13(19)18-9-5-16-6-10-18/h12,16H,2-11H2,1H3,(H,15,20). The van der Waals surface area contributed by atoms with Crippen molar-refractivity contribution in [2.24, 2.45) is 5.92 Å². The van der Waals surface area contributed by atoms with E-state index in [0.29, 0.717) is 6.42 Å². The molecule has 0 aromatic heterocycles. The van der Waals surface area contributed by atoms with Crippen molar-refractivity contribution in [2.45, 2.75) is 19.3 Å². The Balaban J connectivity index is 1.72. The number of nitrogens with zero attached hydrogens (tertiary/aromatic N) is 2. The minimum Gasteiger partial charge on any atom is -0.359 e. The molecule has 2 aliphatic heterocycles. The van der Waals surface area contributed by atoms with Crippen molar-refractivity contribution in [3.63, 3.8) is 0 Å². The predicted molar refractivity (Wildman–Crippen MR) is 77.3 cm³/mol. The molecule has 2 heterocycles. The summed E-state index contributed by atoms with van der Waals surface area (Å²) in [6.07, 6.45) is 2.57. The number of hydrogen-bond donors (Lipinski definition) is 2. The third-order valence-corrected chi connectivity index (χ3v) is 4.23. The van der Waals surface area contributed by atoms with Crippen molar-refractivity contribution < 1.29 is 9.59 Å². The molecule has 1 atom stereocenters. The molecular formula is C14H26N4O2. The number of piperazine rings is 1. The van der Waals surface area contributed by atoms with Crippen molar-refractivity contribution in [3.05, 3.63) is 0 Å². The maximum absolute atomic E-state index is 12.1. The summed E-state index contributed by atoms with van der Waals surface area (Å²) in [6.45, 7) is 5.99. The molecule has 2 aliphatic rings. The maximum Gasteiger partial charge on any atom is 0.224 e. The van der Waals surface area contributed by atoms with Gasteiger partial charge in [-0.2, -0.15) is 0 Å². The fourth-order valence-electron chi connectivity index (χ4n) is 3.00. The van der Waals surface area contributed by atoms with Gasteiger partial charge in [0.2, 0.25) is 11.8 Å². The van der Waals surface area contributed by atoms with Crippen LogP contribution in [0.25, 0.3) is 0 Å². The van der Waals surface area contributed by atoms with Crippen molar-refractivity contribution in [2.75, 3.05) is 52.9 Å². The van der Waals surface area contributed by atoms with Gasteiger partial charge in [-0.1, -0.05) is 0 Å². The molecule has 20 heavy (non-hydrogen) atoms. The second-order valence-electron chi connectivity index (χ2n) is 5.63. The van der Waals surface area contributed by atoms with Crippen molar-refractivity contribution >= 4 is 11.8 Å². The normalized spacial score (nSPS) is 24.4. The Kier molecular flexibility index (Phi) is 5.79. The molecule has 2 N–H and O–H groups in total. The van der Waals surface area contributed by atoms with Gasteiger partial charge < -0.3 is 20.4 Å². The van der Waals surface area contributed by atoms with E-state index in [4.69, 9.17) is 0 Å². The van der Waals surface area contributed by atoms with E-state index >= 15 is 0 Å². The van der Waals surface area contributed by atoms with Crippen LogP contribution in [0.5, 0.6) is 0 Å². The zero-order valence-electron chi connectivity index (χ0n) is 12.4. The summed E-state index contributed by atoms with van der Waals surface area (Å²) in [5.41, 5.74) is 0. The van der Waals surface area contributed by atoms with Crippen LogP contribution in [0.1, 0.15) is 19.3 Å². The zero-order chi connectivity index (χ0) is 14.4. The predicted octanol–water partition coefficient (Wildman–Crippen LogP) is -0.734. The first kappa shape index (κ1) is 15.3. The number of carbonyl (C=O) groups excluding carboxylic acids is 2. The molecule has 6 heteroatoms. The van der Waals surface area contributed by atoms with Crippen LogP contribution in [-0.2, 0) is 9.59 Å². The van der Waals surface area contributed by atoms with E-state index in [0.717, 1.165) is 58.7 Å². The molecule has 0 aromatic rings. The molecule has 114 valence electrons. The Morgan fingerprint density at radius 1 is 1.25 bits per heavy atom. The summed E-state index contributed by atoms with van der Waals surface area (Å²) in [5.74, 6) is 0.458. The Bertz CT molecular complexity index is 342. The molecule has 6 nitrogen and oxygen atoms in total. The Morgan fingerprint density at radius 2 is 2.00 bits per heavy atom. The molecule has 0 aliphatic carbocycles. The lowest BCUT2D eigenvalue weighted by Gasteiger charge is -2.33. The first-order valence-electron chi connectivity index (χ1n) is 7.63. The third kappa shape index (κ3) is 4.18. The lowest BCUT2D eigenvalue weighted by molar-refractivity contribution is -0.132. The summed E-state index contributed by atoms with van der Waals surface area (Å²) < 4.78 is 0. The van der Waals surface area contributed by atoms with Gasteiger partial charge in [0.25, 0.3) is 0 Å². The molecule has 0 aromatic carbocycles. The fraction of sp³-hybridized carbons (Fsp3) is 0.857. The van der Waals surface area contributed by atoms with Crippen molar-refractivity contribution in [1.82, 2.24) is 20.4 Å². The minimum atomic E-state index is 0.0861. The molecule has 1 unspecified atom stereocenters. The quantitative estimate of drug-likeness (QED) is 0.713. The van der Waals surface area contributed by atoms with Gasteiger partial charge >= 0.3 is 0 Å². The first-order valence-corrected chi connectivity index (χ1v) is 7.63. The molecule has 2 saturated heterocycles. The first-order chi connectivity index (χ1) is 9.70. The number of nitrogens with one attached hydrogen (secondary N) is 2. The second-order valence-corrected chi connectivity index (χ2v) is 5.63. The Labute approximate surface area is 120 Å². The van der Waals surface area contributed by atoms with Crippen LogP contribution in [0.3, 0.4) is 0 Å². The minimum absolute atomic E-state index is 0.0861. The van der Waals surface area contributed by atoms with Gasteiger partial charge in [0, 0.05) is 52.7 Å². The monoisotopic (exact) mass is 282 g/mol. The molecule has 2 rings (SSSR count). The van der Waals surface area contributed by atoms with E-state index in [9.17, 15) is 9.59 Å². The largest absolute Gasteiger partial charge is 0.359 e. The maximum atomic E-state index is 12.1. The third-order valence-electron chi connectivity index (χ3n) is 4.23.